The van der Waals surface area contributed by atoms with E-state index < -0.39 is 0 Å². The summed E-state index contributed by atoms with van der Waals surface area (Å²) < 4.78 is 1.42. The summed E-state index contributed by atoms with van der Waals surface area (Å²) in [6, 6.07) is 9.37. The number of pyridine rings is 1. The summed E-state index contributed by atoms with van der Waals surface area (Å²) in [7, 11) is 0. The lowest BCUT2D eigenvalue weighted by atomic mass is 9.95. The van der Waals surface area contributed by atoms with Gasteiger partial charge in [-0.2, -0.15) is 0 Å². The molecule has 0 saturated carbocycles. The average molecular weight is 333 g/mol. The first-order chi connectivity index (χ1) is 12.0. The molecule has 0 aliphatic rings. The van der Waals surface area contributed by atoms with E-state index in [0.717, 1.165) is 27.9 Å². The number of aromatic nitrogens is 3. The zero-order valence-electron chi connectivity index (χ0n) is 14.4. The molecular weight excluding hydrogens is 314 g/mol. The fraction of sp³-hybridized carbons (Fsp3) is 0.200. The first-order valence-electron chi connectivity index (χ1n) is 7.97. The molecule has 126 valence electrons. The van der Waals surface area contributed by atoms with Gasteiger partial charge in [0.25, 0.3) is 5.56 Å². The van der Waals surface area contributed by atoms with Crippen LogP contribution < -0.4 is 5.56 Å². The topological polar surface area (TPSA) is 70.9 Å². The maximum Gasteiger partial charge on any atom is 0.275 e. The first kappa shape index (κ1) is 16.6. The van der Waals surface area contributed by atoms with Gasteiger partial charge in [0.1, 0.15) is 5.56 Å². The van der Waals surface area contributed by atoms with Crippen LogP contribution in [-0.2, 0) is 6.54 Å². The molecule has 0 fully saturated rings. The molecule has 25 heavy (non-hydrogen) atoms. The zero-order valence-corrected chi connectivity index (χ0v) is 14.4. The van der Waals surface area contributed by atoms with E-state index in [9.17, 15) is 9.90 Å². The Morgan fingerprint density at radius 3 is 2.52 bits per heavy atom. The van der Waals surface area contributed by atoms with Crippen LogP contribution in [0.15, 0.2) is 41.3 Å². The number of aryl methyl sites for hydroxylation is 2. The van der Waals surface area contributed by atoms with E-state index in [1.807, 2.05) is 44.2 Å². The number of hydrogen-bond acceptors (Lipinski definition) is 3. The highest BCUT2D eigenvalue weighted by Gasteiger charge is 2.20. The quantitative estimate of drug-likeness (QED) is 0.724. The van der Waals surface area contributed by atoms with Crippen molar-refractivity contribution in [1.82, 2.24) is 14.8 Å². The second-order valence-corrected chi connectivity index (χ2v) is 5.91. The van der Waals surface area contributed by atoms with Gasteiger partial charge in [-0.15, -0.1) is 5.92 Å². The maximum atomic E-state index is 12.5. The summed E-state index contributed by atoms with van der Waals surface area (Å²) >= 11 is 0. The molecule has 2 N–H and O–H groups in total. The van der Waals surface area contributed by atoms with Crippen LogP contribution in [0.25, 0.3) is 11.1 Å². The number of aromatic hydroxyl groups is 1. The van der Waals surface area contributed by atoms with Gasteiger partial charge in [-0.1, -0.05) is 12.0 Å². The minimum absolute atomic E-state index is 0.0869. The third kappa shape index (κ3) is 3.20. The largest absolute Gasteiger partial charge is 0.493 e. The van der Waals surface area contributed by atoms with E-state index in [2.05, 4.69) is 21.9 Å². The molecule has 5 heteroatoms. The van der Waals surface area contributed by atoms with Gasteiger partial charge in [0.05, 0.1) is 12.2 Å². The molecule has 0 unspecified atom stereocenters. The Bertz CT molecular complexity index is 1010. The number of benzene rings is 1. The number of rotatable bonds is 3. The van der Waals surface area contributed by atoms with E-state index in [0.29, 0.717) is 6.54 Å². The molecule has 2 aromatic heterocycles. The lowest BCUT2D eigenvalue weighted by Gasteiger charge is -2.10. The second-order valence-electron chi connectivity index (χ2n) is 5.91. The summed E-state index contributed by atoms with van der Waals surface area (Å²) in [4.78, 5) is 16.7. The highest BCUT2D eigenvalue weighted by Crippen LogP contribution is 2.32. The molecule has 0 spiro atoms. The van der Waals surface area contributed by atoms with Crippen LogP contribution in [0.4, 0.5) is 0 Å². The van der Waals surface area contributed by atoms with Gasteiger partial charge in [-0.3, -0.25) is 14.9 Å². The molecule has 0 bridgehead atoms. The second kappa shape index (κ2) is 6.70. The molecule has 0 amide bonds. The van der Waals surface area contributed by atoms with Crippen molar-refractivity contribution in [2.45, 2.75) is 27.3 Å². The fourth-order valence-corrected chi connectivity index (χ4v) is 3.04. The molecule has 2 heterocycles. The Labute approximate surface area is 146 Å². The third-order valence-electron chi connectivity index (χ3n) is 4.04. The maximum absolute atomic E-state index is 12.5. The average Bonchev–Trinajstić information content (AvgIpc) is 2.83. The minimum Gasteiger partial charge on any atom is -0.493 e. The van der Waals surface area contributed by atoms with Gasteiger partial charge in [0.15, 0.2) is 0 Å². The normalized spacial score (nSPS) is 10.4. The minimum atomic E-state index is -0.325. The van der Waals surface area contributed by atoms with Gasteiger partial charge < -0.3 is 5.11 Å². The van der Waals surface area contributed by atoms with Crippen LogP contribution in [0.1, 0.15) is 29.3 Å². The van der Waals surface area contributed by atoms with E-state index >= 15 is 0 Å². The number of nitrogens with one attached hydrogen (secondary N) is 1. The van der Waals surface area contributed by atoms with Crippen LogP contribution in [0, 0.1) is 25.7 Å². The van der Waals surface area contributed by atoms with Crippen LogP contribution in [0.5, 0.6) is 5.88 Å². The molecule has 0 aliphatic carbocycles. The summed E-state index contributed by atoms with van der Waals surface area (Å²) in [6.07, 6.45) is 1.68. The van der Waals surface area contributed by atoms with E-state index in [1.165, 1.54) is 4.68 Å². The van der Waals surface area contributed by atoms with Gasteiger partial charge in [0.2, 0.25) is 5.88 Å². The van der Waals surface area contributed by atoms with Crippen molar-refractivity contribution in [3.63, 3.8) is 0 Å². The van der Waals surface area contributed by atoms with Crippen molar-refractivity contribution in [1.29, 1.82) is 0 Å². The van der Waals surface area contributed by atoms with Crippen LogP contribution >= 0.6 is 0 Å². The van der Waals surface area contributed by atoms with Crippen molar-refractivity contribution < 1.29 is 5.11 Å². The lowest BCUT2D eigenvalue weighted by Crippen LogP contribution is -2.08. The Morgan fingerprint density at radius 2 is 1.92 bits per heavy atom. The Morgan fingerprint density at radius 1 is 1.20 bits per heavy atom. The Balaban J connectivity index is 2.10. The van der Waals surface area contributed by atoms with E-state index in [-0.39, 0.29) is 17.0 Å². The van der Waals surface area contributed by atoms with Crippen molar-refractivity contribution in [2.75, 3.05) is 0 Å². The zero-order chi connectivity index (χ0) is 18.0. The molecule has 3 aromatic rings. The van der Waals surface area contributed by atoms with Gasteiger partial charge in [0, 0.05) is 11.8 Å². The predicted molar refractivity (Wildman–Crippen MR) is 97.5 cm³/mol. The lowest BCUT2D eigenvalue weighted by molar-refractivity contribution is 0.409. The molecule has 0 aliphatic heterocycles. The summed E-state index contributed by atoms with van der Waals surface area (Å²) in [6.45, 7) is 5.91. The summed E-state index contributed by atoms with van der Waals surface area (Å²) in [5, 5.41) is 13.3. The molecule has 3 rings (SSSR count). The van der Waals surface area contributed by atoms with Crippen LogP contribution in [0.2, 0.25) is 0 Å². The fourth-order valence-electron chi connectivity index (χ4n) is 3.04. The highest BCUT2D eigenvalue weighted by atomic mass is 16.3. The van der Waals surface area contributed by atoms with Crippen LogP contribution in [0.3, 0.4) is 0 Å². The SMILES string of the molecule is CC#Cc1cc(C)c(-c2c(O)n(Cc3ccccn3)[nH]c2=O)c(C)c1. The van der Waals surface area contributed by atoms with Crippen molar-refractivity contribution in [3.05, 3.63) is 69.3 Å². The highest BCUT2D eigenvalue weighted by molar-refractivity contribution is 5.75. The molecular formula is C20H19N3O2. The third-order valence-corrected chi connectivity index (χ3v) is 4.04. The molecule has 0 saturated heterocycles. The van der Waals surface area contributed by atoms with Crippen molar-refractivity contribution >= 4 is 0 Å². The van der Waals surface area contributed by atoms with Gasteiger partial charge in [-0.05, 0) is 61.7 Å². The predicted octanol–water partition coefficient (Wildman–Crippen LogP) is 2.98. The molecule has 0 radical (unpaired) electrons. The molecule has 1 aromatic carbocycles. The summed E-state index contributed by atoms with van der Waals surface area (Å²) in [5.74, 6) is 5.81. The Hall–Kier alpha value is -3.26. The smallest absolute Gasteiger partial charge is 0.275 e. The van der Waals surface area contributed by atoms with Crippen molar-refractivity contribution in [3.8, 4) is 28.8 Å². The number of hydrogen-bond donors (Lipinski definition) is 2. The van der Waals surface area contributed by atoms with Gasteiger partial charge >= 0.3 is 0 Å². The molecule has 5 nitrogen and oxygen atoms in total. The number of aromatic amines is 1. The monoisotopic (exact) mass is 333 g/mol. The van der Waals surface area contributed by atoms with E-state index in [1.54, 1.807) is 13.1 Å². The Kier molecular flexibility index (Phi) is 4.44. The first-order valence-corrected chi connectivity index (χ1v) is 7.97. The van der Waals surface area contributed by atoms with Crippen molar-refractivity contribution in [2.24, 2.45) is 0 Å². The molecule has 0 atom stereocenters. The van der Waals surface area contributed by atoms with E-state index in [4.69, 9.17) is 0 Å². The summed E-state index contributed by atoms with van der Waals surface area (Å²) in [5.41, 5.74) is 4.13. The van der Waals surface area contributed by atoms with Crippen LogP contribution in [-0.4, -0.2) is 19.9 Å². The van der Waals surface area contributed by atoms with Gasteiger partial charge in [-0.25, -0.2) is 4.68 Å². The number of H-pyrrole nitrogens is 1. The standard InChI is InChI=1S/C20H19N3O2/c1-4-7-15-10-13(2)17(14(3)11-15)18-19(24)22-23(20(18)25)12-16-8-5-6-9-21-16/h5-6,8-11,25H,12H2,1-3H3,(H,22,24). The number of nitrogens with zero attached hydrogens (tertiary/aromatic N) is 2.